The number of aryl methyl sites for hydroxylation is 1. The maximum absolute atomic E-state index is 12.3. The summed E-state index contributed by atoms with van der Waals surface area (Å²) in [5.41, 5.74) is 1.01. The molecule has 0 heterocycles. The van der Waals surface area contributed by atoms with Crippen LogP contribution in [0.1, 0.15) is 84.3 Å². The first-order valence-corrected chi connectivity index (χ1v) is 10.7. The molecule has 1 aromatic rings. The number of ether oxygens (including phenoxy) is 1. The van der Waals surface area contributed by atoms with Gasteiger partial charge in [-0.15, -0.1) is 0 Å². The standard InChI is InChI=1S/C26H40O5/c1-19(2)31-26(30)13-9-4-3-8-12-22-23(25(29)18-24(22)28)17-16-21(27)15-14-20-10-6-5-7-11-20/h3,5-8,10-11,19,21-25,27-29H,4,9,12-18H2,1-2H3/b8-3-/t21-,22+,23+,24?,25+/m0/s1/i3D,4D2,8D,9D2,12D2,13D2. The number of aliphatic hydroxyl groups excluding tert-OH is 3. The highest BCUT2D eigenvalue weighted by Gasteiger charge is 2.40. The summed E-state index contributed by atoms with van der Waals surface area (Å²) in [7, 11) is 0. The van der Waals surface area contributed by atoms with Crippen molar-refractivity contribution in [3.63, 3.8) is 0 Å². The van der Waals surface area contributed by atoms with Crippen LogP contribution in [-0.2, 0) is 16.0 Å². The van der Waals surface area contributed by atoms with Crippen molar-refractivity contribution in [2.45, 2.75) is 95.9 Å². The molecule has 1 aliphatic rings. The summed E-state index contributed by atoms with van der Waals surface area (Å²) in [4.78, 5) is 12.3. The minimum atomic E-state index is -3.76. The van der Waals surface area contributed by atoms with E-state index in [9.17, 15) is 20.1 Å². The third kappa shape index (κ3) is 9.55. The second kappa shape index (κ2) is 13.7. The predicted molar refractivity (Wildman–Crippen MR) is 122 cm³/mol. The average Bonchev–Trinajstić information content (AvgIpc) is 3.18. The van der Waals surface area contributed by atoms with Crippen molar-refractivity contribution in [2.75, 3.05) is 0 Å². The van der Waals surface area contributed by atoms with Gasteiger partial charge >= 0.3 is 5.97 Å². The zero-order valence-electron chi connectivity index (χ0n) is 28.0. The summed E-state index contributed by atoms with van der Waals surface area (Å²) in [5.74, 6) is -4.20. The van der Waals surface area contributed by atoms with Gasteiger partial charge in [0.05, 0.1) is 27.2 Å². The van der Waals surface area contributed by atoms with Crippen molar-refractivity contribution in [1.82, 2.24) is 0 Å². The van der Waals surface area contributed by atoms with Gasteiger partial charge in [0.25, 0.3) is 0 Å². The molecule has 0 spiro atoms. The third-order valence-electron chi connectivity index (χ3n) is 5.23. The molecule has 0 aliphatic heterocycles. The van der Waals surface area contributed by atoms with Gasteiger partial charge in [0.15, 0.2) is 0 Å². The Morgan fingerprint density at radius 2 is 1.90 bits per heavy atom. The van der Waals surface area contributed by atoms with Crippen LogP contribution in [0.4, 0.5) is 0 Å². The SMILES string of the molecule is [2H]/C(=C(\[2H])C([2H])([2H])C([2H])([2H])C([2H])([2H])C(=O)OC(C)C)C([2H])([2H])[C@H]1C(O)C[C@@H](O)[C@@H]1CC[C@@H](O)CCc1ccccc1. The first-order chi connectivity index (χ1) is 18.7. The minimum absolute atomic E-state index is 0.0519. The molecule has 2 rings (SSSR count). The second-order valence-electron chi connectivity index (χ2n) is 8.04. The van der Waals surface area contributed by atoms with Crippen LogP contribution in [0, 0.1) is 11.8 Å². The summed E-state index contributed by atoms with van der Waals surface area (Å²) in [6.45, 7) is 2.76. The van der Waals surface area contributed by atoms with E-state index in [1.165, 1.54) is 13.8 Å². The molecule has 1 aliphatic carbocycles. The molecule has 0 aromatic heterocycles. The van der Waals surface area contributed by atoms with Crippen LogP contribution in [0.5, 0.6) is 0 Å². The van der Waals surface area contributed by atoms with Crippen molar-refractivity contribution < 1.29 is 38.6 Å². The Hall–Kier alpha value is -1.69. The molecule has 0 radical (unpaired) electrons. The van der Waals surface area contributed by atoms with Crippen LogP contribution in [-0.4, -0.2) is 45.7 Å². The molecule has 3 N–H and O–H groups in total. The lowest BCUT2D eigenvalue weighted by molar-refractivity contribution is -0.147. The molecule has 5 heteroatoms. The van der Waals surface area contributed by atoms with Gasteiger partial charge in [-0.2, -0.15) is 0 Å². The molecule has 1 unspecified atom stereocenters. The van der Waals surface area contributed by atoms with Crippen LogP contribution in [0.3, 0.4) is 0 Å². The summed E-state index contributed by atoms with van der Waals surface area (Å²) in [5, 5.41) is 31.7. The molecule has 1 fully saturated rings. The van der Waals surface area contributed by atoms with E-state index in [1.54, 1.807) is 0 Å². The molecule has 0 amide bonds. The van der Waals surface area contributed by atoms with Gasteiger partial charge in [-0.25, -0.2) is 0 Å². The molecular weight excluding hydrogens is 392 g/mol. The molecule has 5 atom stereocenters. The van der Waals surface area contributed by atoms with E-state index < -0.39 is 79.8 Å². The van der Waals surface area contributed by atoms with Crippen LogP contribution in [0.2, 0.25) is 0 Å². The number of benzene rings is 1. The lowest BCUT2D eigenvalue weighted by Gasteiger charge is -2.23. The summed E-state index contributed by atoms with van der Waals surface area (Å²) >= 11 is 0. The summed E-state index contributed by atoms with van der Waals surface area (Å²) in [6.07, 6.45) is -17.5. The van der Waals surface area contributed by atoms with E-state index >= 15 is 0 Å². The fourth-order valence-electron chi connectivity index (χ4n) is 3.68. The number of rotatable bonds is 13. The van der Waals surface area contributed by atoms with Crippen molar-refractivity contribution in [3.05, 3.63) is 48.0 Å². The molecule has 0 saturated heterocycles. The maximum atomic E-state index is 12.3. The van der Waals surface area contributed by atoms with Crippen LogP contribution < -0.4 is 0 Å². The Balaban J connectivity index is 2.30. The van der Waals surface area contributed by atoms with Gasteiger partial charge in [-0.3, -0.25) is 4.79 Å². The van der Waals surface area contributed by atoms with E-state index in [4.69, 9.17) is 18.4 Å². The first kappa shape index (κ1) is 14.5. The highest BCUT2D eigenvalue weighted by atomic mass is 16.5. The number of hydrogen-bond acceptors (Lipinski definition) is 5. The quantitative estimate of drug-likeness (QED) is 0.315. The van der Waals surface area contributed by atoms with Crippen LogP contribution >= 0.6 is 0 Å². The van der Waals surface area contributed by atoms with Crippen molar-refractivity contribution in [3.8, 4) is 0 Å². The molecule has 0 bridgehead atoms. The zero-order chi connectivity index (χ0) is 31.6. The Morgan fingerprint density at radius 1 is 1.19 bits per heavy atom. The van der Waals surface area contributed by atoms with Gasteiger partial charge in [0.2, 0.25) is 0 Å². The largest absolute Gasteiger partial charge is 0.463 e. The van der Waals surface area contributed by atoms with E-state index in [0.717, 1.165) is 5.56 Å². The first-order valence-electron chi connectivity index (χ1n) is 15.7. The summed E-state index contributed by atoms with van der Waals surface area (Å²) < 4.78 is 87.0. The number of carbonyl (C=O) groups excluding carboxylic acids is 1. The van der Waals surface area contributed by atoms with Gasteiger partial charge in [0.1, 0.15) is 0 Å². The average molecular weight is 443 g/mol. The number of aliphatic hydroxyl groups is 3. The fourth-order valence-corrected chi connectivity index (χ4v) is 3.68. The Labute approximate surface area is 201 Å². The van der Waals surface area contributed by atoms with E-state index in [0.29, 0.717) is 12.8 Å². The Morgan fingerprint density at radius 3 is 2.61 bits per heavy atom. The van der Waals surface area contributed by atoms with Gasteiger partial charge < -0.3 is 20.1 Å². The van der Waals surface area contributed by atoms with Crippen LogP contribution in [0.25, 0.3) is 0 Å². The zero-order valence-corrected chi connectivity index (χ0v) is 18.0. The number of esters is 1. The Kier molecular flexibility index (Phi) is 6.37. The molecular formula is C26H40O5. The van der Waals surface area contributed by atoms with E-state index in [1.807, 2.05) is 30.3 Å². The number of allylic oxidation sites excluding steroid dienone is 2. The lowest BCUT2D eigenvalue weighted by atomic mass is 9.85. The van der Waals surface area contributed by atoms with Crippen molar-refractivity contribution in [2.24, 2.45) is 11.8 Å². The predicted octanol–water partition coefficient (Wildman–Crippen LogP) is 4.19. The minimum Gasteiger partial charge on any atom is -0.463 e. The van der Waals surface area contributed by atoms with Gasteiger partial charge in [-0.05, 0) is 82.5 Å². The molecule has 1 aromatic carbocycles. The molecule has 5 nitrogen and oxygen atoms in total. The smallest absolute Gasteiger partial charge is 0.306 e. The number of carbonyl (C=O) groups is 1. The van der Waals surface area contributed by atoms with Crippen molar-refractivity contribution >= 4 is 5.97 Å². The lowest BCUT2D eigenvalue weighted by Crippen LogP contribution is -2.23. The maximum Gasteiger partial charge on any atom is 0.306 e. The van der Waals surface area contributed by atoms with Gasteiger partial charge in [-0.1, -0.05) is 42.4 Å². The third-order valence-corrected chi connectivity index (χ3v) is 5.23. The number of hydrogen-bond donors (Lipinski definition) is 3. The molecule has 1 saturated carbocycles. The second-order valence-corrected chi connectivity index (χ2v) is 8.04. The van der Waals surface area contributed by atoms with Crippen molar-refractivity contribution in [1.29, 1.82) is 0 Å². The summed E-state index contributed by atoms with van der Waals surface area (Å²) in [6, 6.07) is 6.53. The van der Waals surface area contributed by atoms with E-state index in [2.05, 4.69) is 0 Å². The monoisotopic (exact) mass is 442 g/mol. The van der Waals surface area contributed by atoms with E-state index in [-0.39, 0.29) is 19.3 Å². The Bertz CT molecular complexity index is 1060. The highest BCUT2D eigenvalue weighted by molar-refractivity contribution is 5.69. The fraction of sp³-hybridized carbons (Fsp3) is 0.654. The topological polar surface area (TPSA) is 87.0 Å². The molecule has 174 valence electrons. The van der Waals surface area contributed by atoms with Crippen LogP contribution in [0.15, 0.2) is 42.4 Å². The highest BCUT2D eigenvalue weighted by Crippen LogP contribution is 2.38. The van der Waals surface area contributed by atoms with Gasteiger partial charge in [0, 0.05) is 17.3 Å². The normalized spacial score (nSPS) is 31.9. The molecule has 31 heavy (non-hydrogen) atoms.